The number of thiocarbonyl (C=S) groups is 1. The Balaban J connectivity index is 1.37. The van der Waals surface area contributed by atoms with E-state index in [0.717, 1.165) is 26.5 Å². The summed E-state index contributed by atoms with van der Waals surface area (Å²) in [6, 6.07) is 21.0. The largest absolute Gasteiger partial charge is 0.332 e. The van der Waals surface area contributed by atoms with Crippen LogP contribution < -0.4 is 16.0 Å². The number of fused-ring (bicyclic) bond motifs is 1. The molecule has 1 unspecified atom stereocenters. The number of Topliss-reactive ketones (excluding diaryl/α,β-unsaturated/α-hetero) is 1. The maximum Gasteiger partial charge on any atom is 0.239 e. The molecule has 3 aromatic carbocycles. The van der Waals surface area contributed by atoms with Crippen molar-refractivity contribution < 1.29 is 9.59 Å². The van der Waals surface area contributed by atoms with Crippen molar-refractivity contribution in [2.24, 2.45) is 0 Å². The van der Waals surface area contributed by atoms with Gasteiger partial charge in [0.05, 0.1) is 15.5 Å². The van der Waals surface area contributed by atoms with Crippen molar-refractivity contribution in [3.05, 3.63) is 77.9 Å². The normalized spacial score (nSPS) is 11.6. The highest BCUT2D eigenvalue weighted by Gasteiger charge is 2.20. The van der Waals surface area contributed by atoms with Crippen LogP contribution in [-0.4, -0.2) is 27.0 Å². The van der Waals surface area contributed by atoms with E-state index in [9.17, 15) is 9.59 Å². The molecule has 0 saturated carbocycles. The number of carbonyl (C=O) groups is 2. The van der Waals surface area contributed by atoms with Gasteiger partial charge in [-0.1, -0.05) is 30.4 Å². The third-order valence-electron chi connectivity index (χ3n) is 5.36. The van der Waals surface area contributed by atoms with E-state index in [1.807, 2.05) is 62.4 Å². The maximum atomic E-state index is 13.0. The first-order valence-electron chi connectivity index (χ1n) is 11.4. The van der Waals surface area contributed by atoms with Crippen molar-refractivity contribution in [2.45, 2.75) is 37.3 Å². The number of amides is 1. The molecule has 184 valence electrons. The molecule has 0 aliphatic carbocycles. The topological polar surface area (TPSA) is 83.1 Å². The van der Waals surface area contributed by atoms with Gasteiger partial charge >= 0.3 is 0 Å². The number of carbonyl (C=O) groups excluding carboxylic acids is 2. The van der Waals surface area contributed by atoms with Crippen molar-refractivity contribution >= 4 is 78.8 Å². The molecule has 9 heteroatoms. The van der Waals surface area contributed by atoms with Crippen molar-refractivity contribution in [1.29, 1.82) is 0 Å². The van der Waals surface area contributed by atoms with Crippen molar-refractivity contribution in [1.82, 2.24) is 4.98 Å². The van der Waals surface area contributed by atoms with E-state index in [4.69, 9.17) is 12.2 Å². The lowest BCUT2D eigenvalue weighted by Crippen LogP contribution is -2.24. The number of aryl methyl sites for hydroxylation is 1. The Kier molecular flexibility index (Phi) is 8.35. The number of nitrogens with zero attached hydrogens (tertiary/aromatic N) is 1. The monoisotopic (exact) mass is 534 g/mol. The summed E-state index contributed by atoms with van der Waals surface area (Å²) in [5.41, 5.74) is 4.31. The second-order valence-corrected chi connectivity index (χ2v) is 10.9. The smallest absolute Gasteiger partial charge is 0.239 e. The molecule has 0 spiro atoms. The minimum Gasteiger partial charge on any atom is -0.332 e. The Labute approximate surface area is 223 Å². The molecule has 1 aromatic heterocycles. The molecular weight excluding hydrogens is 509 g/mol. The third kappa shape index (κ3) is 6.69. The zero-order valence-corrected chi connectivity index (χ0v) is 22.6. The average molecular weight is 535 g/mol. The third-order valence-corrected chi connectivity index (χ3v) is 7.85. The standard InChI is InChI=1S/C27H26N4O2S3/c1-4-23(25(33)31-27-30-22-13-8-16(2)14-24(22)36-27)35-21-7-5-6-20(15-21)29-26(34)28-19-11-9-18(10-12-19)17(3)32/h5-15,23H,4H2,1-3H3,(H2,28,29,34)(H,30,31,33). The van der Waals surface area contributed by atoms with Crippen LogP contribution in [0.2, 0.25) is 0 Å². The van der Waals surface area contributed by atoms with Crippen LogP contribution in [0, 0.1) is 6.92 Å². The van der Waals surface area contributed by atoms with Crippen molar-refractivity contribution in [3.8, 4) is 0 Å². The van der Waals surface area contributed by atoms with Crippen molar-refractivity contribution in [2.75, 3.05) is 16.0 Å². The van der Waals surface area contributed by atoms with Gasteiger partial charge in [-0.2, -0.15) is 0 Å². The molecule has 36 heavy (non-hydrogen) atoms. The first-order chi connectivity index (χ1) is 17.3. The van der Waals surface area contributed by atoms with Gasteiger partial charge in [0, 0.05) is 21.8 Å². The number of rotatable bonds is 8. The van der Waals surface area contributed by atoms with Gasteiger partial charge in [0.2, 0.25) is 5.91 Å². The Morgan fingerprint density at radius 3 is 2.47 bits per heavy atom. The highest BCUT2D eigenvalue weighted by Crippen LogP contribution is 2.31. The lowest BCUT2D eigenvalue weighted by Gasteiger charge is -2.15. The van der Waals surface area contributed by atoms with E-state index in [-0.39, 0.29) is 16.9 Å². The van der Waals surface area contributed by atoms with Gasteiger partial charge in [0.25, 0.3) is 0 Å². The van der Waals surface area contributed by atoms with Crippen LogP contribution in [0.5, 0.6) is 0 Å². The summed E-state index contributed by atoms with van der Waals surface area (Å²) in [6.45, 7) is 5.57. The molecular formula is C27H26N4O2S3. The average Bonchev–Trinajstić information content (AvgIpc) is 3.24. The summed E-state index contributed by atoms with van der Waals surface area (Å²) < 4.78 is 1.06. The fourth-order valence-corrected chi connectivity index (χ4v) is 5.70. The Morgan fingerprint density at radius 1 is 1.00 bits per heavy atom. The van der Waals surface area contributed by atoms with Crippen LogP contribution in [-0.2, 0) is 4.79 Å². The number of hydrogen-bond donors (Lipinski definition) is 3. The molecule has 0 bridgehead atoms. The summed E-state index contributed by atoms with van der Waals surface area (Å²) in [7, 11) is 0. The van der Waals surface area contributed by atoms with Gasteiger partial charge < -0.3 is 16.0 Å². The lowest BCUT2D eigenvalue weighted by atomic mass is 10.1. The van der Waals surface area contributed by atoms with Gasteiger partial charge in [0.1, 0.15) is 0 Å². The zero-order chi connectivity index (χ0) is 25.7. The van der Waals surface area contributed by atoms with Gasteiger partial charge in [-0.3, -0.25) is 9.59 Å². The number of nitrogens with one attached hydrogen (secondary N) is 3. The van der Waals surface area contributed by atoms with Crippen LogP contribution in [0.3, 0.4) is 0 Å². The van der Waals surface area contributed by atoms with E-state index < -0.39 is 0 Å². The van der Waals surface area contributed by atoms with Gasteiger partial charge in [-0.25, -0.2) is 4.98 Å². The number of thiazole rings is 1. The predicted molar refractivity (Wildman–Crippen MR) is 156 cm³/mol. The molecule has 0 radical (unpaired) electrons. The van der Waals surface area contributed by atoms with Crippen LogP contribution in [0.1, 0.15) is 36.2 Å². The minimum atomic E-state index is -0.265. The summed E-state index contributed by atoms with van der Waals surface area (Å²) in [4.78, 5) is 29.9. The fraction of sp³-hybridized carbons (Fsp3) is 0.185. The Morgan fingerprint density at radius 2 is 1.75 bits per heavy atom. The zero-order valence-electron chi connectivity index (χ0n) is 20.1. The fourth-order valence-electron chi connectivity index (χ4n) is 3.49. The van der Waals surface area contributed by atoms with E-state index in [1.54, 1.807) is 12.1 Å². The summed E-state index contributed by atoms with van der Waals surface area (Å²) in [5, 5.41) is 10.1. The van der Waals surface area contributed by atoms with Crippen LogP contribution >= 0.6 is 35.3 Å². The number of ketones is 1. The first-order valence-corrected chi connectivity index (χ1v) is 13.5. The number of benzene rings is 3. The Hall–Kier alpha value is -3.27. The molecule has 0 saturated heterocycles. The number of thioether (sulfide) groups is 1. The quantitative estimate of drug-likeness (QED) is 0.126. The molecule has 0 aliphatic rings. The van der Waals surface area contributed by atoms with Gasteiger partial charge in [0.15, 0.2) is 16.0 Å². The molecule has 1 heterocycles. The predicted octanol–water partition coefficient (Wildman–Crippen LogP) is 7.13. The summed E-state index contributed by atoms with van der Waals surface area (Å²) >= 11 is 8.43. The minimum absolute atomic E-state index is 0.0193. The van der Waals surface area contributed by atoms with Crippen LogP contribution in [0.25, 0.3) is 10.2 Å². The van der Waals surface area contributed by atoms with Crippen LogP contribution in [0.4, 0.5) is 16.5 Å². The Bertz CT molecular complexity index is 1420. The lowest BCUT2D eigenvalue weighted by molar-refractivity contribution is -0.115. The second kappa shape index (κ2) is 11.6. The van der Waals surface area contributed by atoms with E-state index >= 15 is 0 Å². The van der Waals surface area contributed by atoms with E-state index in [0.29, 0.717) is 22.2 Å². The molecule has 1 atom stereocenters. The first kappa shape index (κ1) is 25.8. The molecule has 4 rings (SSSR count). The van der Waals surface area contributed by atoms with Crippen LogP contribution in [0.15, 0.2) is 71.6 Å². The summed E-state index contributed by atoms with van der Waals surface area (Å²) in [5.74, 6) is -0.0476. The van der Waals surface area contributed by atoms with E-state index in [1.165, 1.54) is 35.6 Å². The molecule has 6 nitrogen and oxygen atoms in total. The molecule has 1 amide bonds. The molecule has 0 fully saturated rings. The van der Waals surface area contributed by atoms with Crippen molar-refractivity contribution in [3.63, 3.8) is 0 Å². The van der Waals surface area contributed by atoms with Gasteiger partial charge in [-0.15, -0.1) is 11.8 Å². The number of anilines is 3. The summed E-state index contributed by atoms with van der Waals surface area (Å²) in [6.07, 6.45) is 0.675. The second-order valence-electron chi connectivity index (χ2n) is 8.23. The van der Waals surface area contributed by atoms with E-state index in [2.05, 4.69) is 27.0 Å². The number of hydrogen-bond acceptors (Lipinski definition) is 6. The highest BCUT2D eigenvalue weighted by atomic mass is 32.2. The maximum absolute atomic E-state index is 13.0. The van der Waals surface area contributed by atoms with Gasteiger partial charge in [-0.05, 0) is 92.6 Å². The highest BCUT2D eigenvalue weighted by molar-refractivity contribution is 8.00. The SMILES string of the molecule is CCC(Sc1cccc(NC(=S)Nc2ccc(C(C)=O)cc2)c1)C(=O)Nc1nc2ccc(C)cc2s1. The number of aromatic nitrogens is 1. The molecule has 0 aliphatic heterocycles. The molecule has 3 N–H and O–H groups in total. The molecule has 4 aromatic rings.